The lowest BCUT2D eigenvalue weighted by atomic mass is 10.2. The fraction of sp³-hybridized carbons (Fsp3) is 0.898. The highest BCUT2D eigenvalue weighted by Crippen LogP contribution is 2.38. The molecule has 0 rings (SSSR count). The van der Waals surface area contributed by atoms with Gasteiger partial charge < -0.3 is 119 Å². The van der Waals surface area contributed by atoms with Crippen molar-refractivity contribution in [3.63, 3.8) is 0 Å². The summed E-state index contributed by atoms with van der Waals surface area (Å²) in [5.41, 5.74) is 12.9. The van der Waals surface area contributed by atoms with E-state index >= 15 is 0 Å². The number of nitrogens with two attached hydrogens (primary N) is 1. The number of hydrogen-bond acceptors (Lipinski definition) is 21. The third-order valence-electron chi connectivity index (χ3n) is 11.1. The van der Waals surface area contributed by atoms with E-state index < -0.39 is 78.0 Å². The SMILES string of the molecule is C#CCCCP(=O)(O)O.C=CCCCP(=O)(O)O.COCCCCP(=O)(O)O.CO[Si](CCCCC(=O)O)(OC)OC.CO[Si](CCCCI)(OC)OC.CO[Si](CCCCS)(OC)OC.NCCCCP(=O)(O)O.O=P(O)(O)CCCCO.[N-]=[N+]=NCCCCP(=O)(O)O. The molecule has 0 aliphatic carbocycles. The van der Waals surface area contributed by atoms with Gasteiger partial charge in [-0.25, -0.2) is 0 Å². The number of halogens is 1. The van der Waals surface area contributed by atoms with Crippen molar-refractivity contribution in [1.29, 1.82) is 0 Å². The molecule has 0 fully saturated rings. The monoisotopic (exact) mass is 1690 g/mol. The van der Waals surface area contributed by atoms with Crippen LogP contribution in [-0.2, 0) is 76.8 Å². The van der Waals surface area contributed by atoms with E-state index in [4.69, 9.17) is 131 Å². The summed E-state index contributed by atoms with van der Waals surface area (Å²) in [7, 11) is -13.6. The third-order valence-corrected chi connectivity index (χ3v) is 26.1. The van der Waals surface area contributed by atoms with Crippen LogP contribution >= 0.6 is 80.8 Å². The Morgan fingerprint density at radius 1 is 0.537 bits per heavy atom. The normalized spacial score (nSPS) is 11.6. The first-order valence-electron chi connectivity index (χ1n) is 29.4. The van der Waals surface area contributed by atoms with E-state index in [0.29, 0.717) is 109 Å². The van der Waals surface area contributed by atoms with Crippen LogP contribution in [-0.4, -0.2) is 246 Å². The number of aliphatic hydroxyl groups excluding tert-OH is 1. The van der Waals surface area contributed by atoms with Crippen LogP contribution in [0.2, 0.25) is 18.1 Å². The quantitative estimate of drug-likeness (QED) is 0.00233. The van der Waals surface area contributed by atoms with Gasteiger partial charge in [-0.1, -0.05) is 33.8 Å². The average Bonchev–Trinajstić information content (AvgIpc) is 1.45. The van der Waals surface area contributed by atoms with E-state index in [1.54, 1.807) is 77.2 Å². The van der Waals surface area contributed by atoms with Crippen LogP contribution in [0.25, 0.3) is 10.4 Å². The number of allylic oxidation sites excluding steroid dienone is 1. The predicted molar refractivity (Wildman–Crippen MR) is 385 cm³/mol. The van der Waals surface area contributed by atoms with Gasteiger partial charge in [-0.3, -0.25) is 32.2 Å². The van der Waals surface area contributed by atoms with Crippen molar-refractivity contribution >= 4 is 113 Å². The minimum atomic E-state index is -3.85. The summed E-state index contributed by atoms with van der Waals surface area (Å²) in [6.45, 7) is 4.80. The van der Waals surface area contributed by atoms with Crippen molar-refractivity contribution in [3.8, 4) is 12.3 Å². The number of unbranched alkanes of at least 4 members (excludes halogenated alkanes) is 9. The van der Waals surface area contributed by atoms with Crippen LogP contribution in [0, 0.1) is 12.3 Å². The molecule has 46 heteroatoms. The molecule has 0 radical (unpaired) electrons. The fourth-order valence-corrected chi connectivity index (χ4v) is 15.9. The zero-order chi connectivity index (χ0) is 76.0. The summed E-state index contributed by atoms with van der Waals surface area (Å²) < 4.78 is 114. The lowest BCUT2D eigenvalue weighted by Gasteiger charge is -2.23. The van der Waals surface area contributed by atoms with Crippen molar-refractivity contribution < 1.29 is 146 Å². The molecule has 0 atom stereocenters. The number of terminal acetylenes is 1. The van der Waals surface area contributed by atoms with Crippen molar-refractivity contribution in [2.45, 2.75) is 140 Å². The average molecular weight is 1690 g/mol. The Balaban J connectivity index is -0.000000126. The molecule has 0 heterocycles. The molecule has 0 unspecified atom stereocenters. The van der Waals surface area contributed by atoms with Gasteiger partial charge in [0.2, 0.25) is 0 Å². The Bertz CT molecular complexity index is 2060. The number of ether oxygens (including phenoxy) is 1. The Kier molecular flexibility index (Phi) is 88.5. The molecule has 0 saturated heterocycles. The summed E-state index contributed by atoms with van der Waals surface area (Å²) in [5.74, 6) is 2.43. The van der Waals surface area contributed by atoms with Crippen LogP contribution < -0.4 is 5.73 Å². The number of carbonyl (C=O) groups is 1. The van der Waals surface area contributed by atoms with Crippen LogP contribution in [0.4, 0.5) is 0 Å². The minimum absolute atomic E-state index is 0. The molecular formula is C49H119IN4O31P6SSi3. The smallest absolute Gasteiger partial charge is 0.481 e. The number of nitrogens with zero attached hydrogens (tertiary/aromatic N) is 3. The molecule has 0 aliphatic heterocycles. The number of aliphatic hydroxyl groups is 1. The predicted octanol–water partition coefficient (Wildman–Crippen LogP) is 8.17. The number of carboxylic acid groups (broad SMARTS) is 1. The number of rotatable bonds is 47. The number of azide groups is 1. The van der Waals surface area contributed by atoms with Gasteiger partial charge in [0.05, 0.1) is 12.3 Å². The van der Waals surface area contributed by atoms with Gasteiger partial charge in [0, 0.05) is 151 Å². The molecule has 35 nitrogen and oxygen atoms in total. The standard InChI is InChI=1S/C8H18O5Si.C7H17IO3Si.C7H18O3SSi.C5H13O4P.C5H11O3P.C5H9O3P.C4H10N3O3P.C4H12NO3P.C4H11O4P/c1-11-14(12-2,13-3)7-5-4-6-8(9)10;1-9-12(10-2,11-3)7-5-4-6-8;1-8-12(9-2,10-3)7-5-4-6-11;1-9-4-2-3-5-10(6,7)8;2*1-2-3-4-5-9(6,7)8;5-7-6-3-1-2-4-11(8,9)10;2*5-3-1-2-4-9(6,7)8/h4-7H2,1-3H3,(H,9,10);4-7H2,1-3H3;11H,4-7H2,1-3H3;2-5H2,1H3,(H2,6,7,8);2H,1,3-5H2,(H2,6,7,8);1H,3-5H2,(H2,6,7,8);1-4H2,(H2,8,9,10);1-5H2,(H2,6,7,8);5H,1-4H2,(H2,6,7,8). The second-order valence-electron chi connectivity index (χ2n) is 19.2. The van der Waals surface area contributed by atoms with Gasteiger partial charge in [0.1, 0.15) is 0 Å². The zero-order valence-corrected chi connectivity index (χ0v) is 68.5. The van der Waals surface area contributed by atoms with E-state index in [-0.39, 0.29) is 50.0 Å². The zero-order valence-electron chi connectivity index (χ0n) is 57.0. The van der Waals surface area contributed by atoms with Gasteiger partial charge in [-0.2, -0.15) is 12.6 Å². The molecule has 0 aliphatic rings. The number of alkyl halides is 1. The second-order valence-corrected chi connectivity index (χ2v) is 40.6. The van der Waals surface area contributed by atoms with Gasteiger partial charge >= 0.3 is 78.0 Å². The van der Waals surface area contributed by atoms with Crippen LogP contribution in [0.5, 0.6) is 0 Å². The maximum absolute atomic E-state index is 10.3. The first-order valence-corrected chi connectivity index (χ1v) is 48.2. The lowest BCUT2D eigenvalue weighted by Crippen LogP contribution is -2.42. The minimum Gasteiger partial charge on any atom is -0.481 e. The number of aliphatic carboxylic acids is 1. The second kappa shape index (κ2) is 74.0. The van der Waals surface area contributed by atoms with Gasteiger partial charge in [-0.05, 0) is 131 Å². The first kappa shape index (κ1) is 114. The van der Waals surface area contributed by atoms with Crippen LogP contribution in [0.1, 0.15) is 122 Å². The molecule has 0 aromatic carbocycles. The topological polar surface area (TPSA) is 570 Å². The van der Waals surface area contributed by atoms with Crippen molar-refractivity contribution in [1.82, 2.24) is 0 Å². The van der Waals surface area contributed by atoms with E-state index in [1.165, 1.54) is 10.8 Å². The third kappa shape index (κ3) is 108. The van der Waals surface area contributed by atoms with Crippen molar-refractivity contribution in [3.05, 3.63) is 23.1 Å². The Hall–Kier alpha value is 0.231. The summed E-state index contributed by atoms with van der Waals surface area (Å²) >= 11 is 6.50. The molecule has 0 aromatic heterocycles. The lowest BCUT2D eigenvalue weighted by molar-refractivity contribution is -0.137. The van der Waals surface area contributed by atoms with Crippen molar-refractivity contribution in [2.75, 3.05) is 145 Å². The summed E-state index contributed by atoms with van der Waals surface area (Å²) in [6.07, 6.45) is 18.3. The number of hydrogen-bond donors (Lipinski definition) is 16. The summed E-state index contributed by atoms with van der Waals surface area (Å²) in [5, 5.41) is 19.9. The maximum Gasteiger partial charge on any atom is 0.500 e. The molecule has 0 spiro atoms. The Morgan fingerprint density at radius 2 is 0.863 bits per heavy atom. The largest absolute Gasteiger partial charge is 0.500 e. The van der Waals surface area contributed by atoms with E-state index in [2.05, 4.69) is 57.7 Å². The molecule has 0 amide bonds. The summed E-state index contributed by atoms with van der Waals surface area (Å²) in [4.78, 5) is 113. The fourth-order valence-electron chi connectivity index (χ4n) is 6.01. The van der Waals surface area contributed by atoms with E-state index in [0.717, 1.165) is 43.5 Å². The number of thiol groups is 1. The van der Waals surface area contributed by atoms with Crippen LogP contribution in [0.3, 0.4) is 0 Å². The first-order chi connectivity index (χ1) is 43.9. The molecule has 0 bridgehead atoms. The van der Waals surface area contributed by atoms with E-state index in [1.807, 2.05) is 0 Å². The Morgan fingerprint density at radius 3 is 1.15 bits per heavy atom. The van der Waals surface area contributed by atoms with Gasteiger partial charge in [0.25, 0.3) is 0 Å². The van der Waals surface area contributed by atoms with Gasteiger partial charge in [0.15, 0.2) is 0 Å². The molecule has 0 saturated carbocycles. The molecule has 16 N–H and O–H groups in total. The van der Waals surface area contributed by atoms with Gasteiger partial charge in [-0.15, -0.1) is 18.9 Å². The highest BCUT2D eigenvalue weighted by Gasteiger charge is 2.38. The Labute approximate surface area is 586 Å². The molecule has 0 aromatic rings. The van der Waals surface area contributed by atoms with Crippen LogP contribution in [0.15, 0.2) is 17.8 Å². The number of methoxy groups -OCH3 is 1. The molecule has 576 valence electrons. The highest BCUT2D eigenvalue weighted by molar-refractivity contribution is 14.1. The highest BCUT2D eigenvalue weighted by atomic mass is 127. The van der Waals surface area contributed by atoms with E-state index in [9.17, 15) is 32.2 Å². The molecule has 95 heavy (non-hydrogen) atoms. The maximum atomic E-state index is 10.3. The molecular weight excluding hydrogens is 1570 g/mol. The van der Waals surface area contributed by atoms with Crippen molar-refractivity contribution in [2.24, 2.45) is 10.8 Å². The number of carboxylic acids is 1. The summed E-state index contributed by atoms with van der Waals surface area (Å²) in [6, 6.07) is 2.44.